The number of morpholine rings is 1. The van der Waals surface area contributed by atoms with Crippen LogP contribution < -0.4 is 15.5 Å². The number of anilines is 5. The van der Waals surface area contributed by atoms with Crippen LogP contribution in [-0.4, -0.2) is 36.3 Å². The molecule has 1 aromatic heterocycles. The molecule has 27 heavy (non-hydrogen) atoms. The molecule has 1 aliphatic heterocycles. The summed E-state index contributed by atoms with van der Waals surface area (Å²) in [4.78, 5) is 11.3. The van der Waals surface area contributed by atoms with Gasteiger partial charge >= 0.3 is 0 Å². The molecule has 1 saturated heterocycles. The van der Waals surface area contributed by atoms with Gasteiger partial charge in [0.2, 0.25) is 5.95 Å². The summed E-state index contributed by atoms with van der Waals surface area (Å²) in [6.45, 7) is 5.34. The lowest BCUT2D eigenvalue weighted by Gasteiger charge is -2.30. The Bertz CT molecular complexity index is 891. The molecule has 0 radical (unpaired) electrons. The summed E-state index contributed by atoms with van der Waals surface area (Å²) in [6.07, 6.45) is 1.75. The molecule has 2 N–H and O–H groups in total. The summed E-state index contributed by atoms with van der Waals surface area (Å²) >= 11 is 0. The molecule has 138 valence electrons. The van der Waals surface area contributed by atoms with E-state index in [2.05, 4.69) is 50.6 Å². The van der Waals surface area contributed by atoms with E-state index in [0.717, 1.165) is 49.2 Å². The molecule has 2 heterocycles. The van der Waals surface area contributed by atoms with E-state index < -0.39 is 0 Å². The lowest BCUT2D eigenvalue weighted by atomic mass is 10.2. The molecule has 0 amide bonds. The van der Waals surface area contributed by atoms with Crippen molar-refractivity contribution in [2.75, 3.05) is 41.8 Å². The summed E-state index contributed by atoms with van der Waals surface area (Å²) in [5.74, 6) is 1.31. The van der Waals surface area contributed by atoms with Crippen molar-refractivity contribution in [1.29, 1.82) is 0 Å². The van der Waals surface area contributed by atoms with Crippen molar-refractivity contribution in [3.63, 3.8) is 0 Å². The van der Waals surface area contributed by atoms with Gasteiger partial charge in [-0.1, -0.05) is 29.8 Å². The van der Waals surface area contributed by atoms with Gasteiger partial charge in [-0.05, 0) is 37.3 Å². The van der Waals surface area contributed by atoms with Crippen LogP contribution in [0.5, 0.6) is 0 Å². The standard InChI is InChI=1S/C21H23N5O/c1-16-6-8-17(9-7-16)23-20-10-11-22-21(25-20)24-18-4-2-3-5-19(18)26-12-14-27-15-13-26/h2-11H,12-15H2,1H3,(H2,22,23,24,25). The summed E-state index contributed by atoms with van der Waals surface area (Å²) in [5.41, 5.74) is 4.36. The zero-order chi connectivity index (χ0) is 18.5. The van der Waals surface area contributed by atoms with Crippen molar-refractivity contribution in [2.45, 2.75) is 6.92 Å². The molecule has 0 unspecified atom stereocenters. The topological polar surface area (TPSA) is 62.3 Å². The van der Waals surface area contributed by atoms with E-state index in [-0.39, 0.29) is 0 Å². The van der Waals surface area contributed by atoms with Crippen LogP contribution in [0.1, 0.15) is 5.56 Å². The van der Waals surface area contributed by atoms with Gasteiger partial charge < -0.3 is 20.3 Å². The molecule has 0 atom stereocenters. The van der Waals surface area contributed by atoms with E-state index in [4.69, 9.17) is 4.74 Å². The van der Waals surface area contributed by atoms with Crippen molar-refractivity contribution in [3.8, 4) is 0 Å². The molecule has 6 nitrogen and oxygen atoms in total. The fraction of sp³-hybridized carbons (Fsp3) is 0.238. The zero-order valence-corrected chi connectivity index (χ0v) is 15.4. The third kappa shape index (κ3) is 4.35. The minimum absolute atomic E-state index is 0.563. The number of ether oxygens (including phenoxy) is 1. The number of para-hydroxylation sites is 2. The number of hydrogen-bond donors (Lipinski definition) is 2. The first-order valence-electron chi connectivity index (χ1n) is 9.13. The molecule has 2 aromatic carbocycles. The van der Waals surface area contributed by atoms with Crippen LogP contribution in [-0.2, 0) is 4.74 Å². The van der Waals surface area contributed by atoms with Crippen molar-refractivity contribution in [1.82, 2.24) is 9.97 Å². The van der Waals surface area contributed by atoms with Crippen LogP contribution in [0.15, 0.2) is 60.8 Å². The Kier molecular flexibility index (Phi) is 5.16. The third-order valence-corrected chi connectivity index (χ3v) is 4.48. The third-order valence-electron chi connectivity index (χ3n) is 4.48. The number of aromatic nitrogens is 2. The van der Waals surface area contributed by atoms with Crippen LogP contribution in [0.2, 0.25) is 0 Å². The van der Waals surface area contributed by atoms with Crippen LogP contribution in [0, 0.1) is 6.92 Å². The predicted molar refractivity (Wildman–Crippen MR) is 109 cm³/mol. The van der Waals surface area contributed by atoms with Crippen LogP contribution >= 0.6 is 0 Å². The van der Waals surface area contributed by atoms with E-state index in [1.165, 1.54) is 5.56 Å². The smallest absolute Gasteiger partial charge is 0.229 e. The Morgan fingerprint density at radius 2 is 1.70 bits per heavy atom. The molecule has 0 aliphatic carbocycles. The van der Waals surface area contributed by atoms with Gasteiger partial charge in [-0.25, -0.2) is 4.98 Å². The average molecular weight is 361 g/mol. The fourth-order valence-electron chi connectivity index (χ4n) is 3.05. The van der Waals surface area contributed by atoms with Gasteiger partial charge in [-0.15, -0.1) is 0 Å². The SMILES string of the molecule is Cc1ccc(Nc2ccnc(Nc3ccccc3N3CCOCC3)n2)cc1. The molecule has 1 fully saturated rings. The van der Waals surface area contributed by atoms with Crippen molar-refractivity contribution in [2.24, 2.45) is 0 Å². The molecule has 6 heteroatoms. The molecule has 1 aliphatic rings. The largest absolute Gasteiger partial charge is 0.378 e. The highest BCUT2D eigenvalue weighted by Crippen LogP contribution is 2.28. The second kappa shape index (κ2) is 8.05. The lowest BCUT2D eigenvalue weighted by molar-refractivity contribution is 0.123. The second-order valence-corrected chi connectivity index (χ2v) is 6.50. The molecule has 0 bridgehead atoms. The van der Waals surface area contributed by atoms with Gasteiger partial charge in [0, 0.05) is 25.0 Å². The fourth-order valence-corrected chi connectivity index (χ4v) is 3.05. The van der Waals surface area contributed by atoms with Crippen molar-refractivity contribution in [3.05, 3.63) is 66.4 Å². The zero-order valence-electron chi connectivity index (χ0n) is 15.4. The van der Waals surface area contributed by atoms with E-state index >= 15 is 0 Å². The molecular formula is C21H23N5O. The van der Waals surface area contributed by atoms with Gasteiger partial charge in [0.1, 0.15) is 5.82 Å². The van der Waals surface area contributed by atoms with Gasteiger partial charge in [0.25, 0.3) is 0 Å². The summed E-state index contributed by atoms with van der Waals surface area (Å²) in [6, 6.07) is 18.3. The highest BCUT2D eigenvalue weighted by molar-refractivity contribution is 5.74. The highest BCUT2D eigenvalue weighted by atomic mass is 16.5. The molecule has 0 saturated carbocycles. The minimum Gasteiger partial charge on any atom is -0.378 e. The Balaban J connectivity index is 1.52. The number of aryl methyl sites for hydroxylation is 1. The summed E-state index contributed by atoms with van der Waals surface area (Å²) in [5, 5.41) is 6.68. The molecular weight excluding hydrogens is 338 g/mol. The highest BCUT2D eigenvalue weighted by Gasteiger charge is 2.15. The maximum atomic E-state index is 5.46. The first-order chi connectivity index (χ1) is 13.3. The molecule has 4 rings (SSSR count). The Hall–Kier alpha value is -3.12. The van der Waals surface area contributed by atoms with E-state index in [1.54, 1.807) is 6.20 Å². The Morgan fingerprint density at radius 1 is 0.926 bits per heavy atom. The normalized spacial score (nSPS) is 14.0. The number of rotatable bonds is 5. The average Bonchev–Trinajstić information content (AvgIpc) is 2.71. The lowest BCUT2D eigenvalue weighted by Crippen LogP contribution is -2.36. The Morgan fingerprint density at radius 3 is 2.52 bits per heavy atom. The van der Waals surface area contributed by atoms with Crippen LogP contribution in [0.25, 0.3) is 0 Å². The number of nitrogens with zero attached hydrogens (tertiary/aromatic N) is 3. The van der Waals surface area contributed by atoms with Crippen molar-refractivity contribution < 1.29 is 4.74 Å². The number of benzene rings is 2. The number of hydrogen-bond acceptors (Lipinski definition) is 6. The summed E-state index contributed by atoms with van der Waals surface area (Å²) < 4.78 is 5.46. The second-order valence-electron chi connectivity index (χ2n) is 6.50. The molecule has 0 spiro atoms. The van der Waals surface area contributed by atoms with Gasteiger partial charge in [-0.3, -0.25) is 0 Å². The maximum Gasteiger partial charge on any atom is 0.229 e. The van der Waals surface area contributed by atoms with Crippen molar-refractivity contribution >= 4 is 28.8 Å². The minimum atomic E-state index is 0.563. The van der Waals surface area contributed by atoms with Gasteiger partial charge in [0.15, 0.2) is 0 Å². The van der Waals surface area contributed by atoms with E-state index in [0.29, 0.717) is 5.95 Å². The first kappa shape index (κ1) is 17.3. The maximum absolute atomic E-state index is 5.46. The van der Waals surface area contributed by atoms with E-state index in [1.807, 2.05) is 36.4 Å². The van der Waals surface area contributed by atoms with Crippen LogP contribution in [0.3, 0.4) is 0 Å². The van der Waals surface area contributed by atoms with Crippen LogP contribution in [0.4, 0.5) is 28.8 Å². The molecule has 3 aromatic rings. The quantitative estimate of drug-likeness (QED) is 0.713. The van der Waals surface area contributed by atoms with Gasteiger partial charge in [-0.2, -0.15) is 4.98 Å². The monoisotopic (exact) mass is 361 g/mol. The predicted octanol–water partition coefficient (Wildman–Crippen LogP) is 4.11. The van der Waals surface area contributed by atoms with E-state index in [9.17, 15) is 0 Å². The first-order valence-corrected chi connectivity index (χ1v) is 9.13. The number of nitrogens with one attached hydrogen (secondary N) is 2. The summed E-state index contributed by atoms with van der Waals surface area (Å²) in [7, 11) is 0. The Labute approximate surface area is 159 Å². The van der Waals surface area contributed by atoms with Gasteiger partial charge in [0.05, 0.1) is 24.6 Å².